The van der Waals surface area contributed by atoms with Crippen LogP contribution >= 0.6 is 0 Å². The number of morpholine rings is 1. The van der Waals surface area contributed by atoms with E-state index < -0.39 is 18.1 Å². The SMILES string of the molecule is O=C(O)CC1COCCN1C(=O)OCC1c2ccccc2-c2ccccc21. The molecular formula is C21H21NO5. The highest BCUT2D eigenvalue weighted by molar-refractivity contribution is 5.79. The molecule has 0 aromatic heterocycles. The van der Waals surface area contributed by atoms with Gasteiger partial charge in [-0.25, -0.2) is 4.79 Å². The Hall–Kier alpha value is -2.86. The van der Waals surface area contributed by atoms with Crippen LogP contribution in [-0.2, 0) is 14.3 Å². The highest BCUT2D eigenvalue weighted by Crippen LogP contribution is 2.44. The molecule has 2 aromatic carbocycles. The van der Waals surface area contributed by atoms with Gasteiger partial charge in [0.15, 0.2) is 0 Å². The largest absolute Gasteiger partial charge is 0.481 e. The number of rotatable bonds is 4. The number of amides is 1. The Morgan fingerprint density at radius 3 is 2.33 bits per heavy atom. The second-order valence-corrected chi connectivity index (χ2v) is 6.82. The fourth-order valence-corrected chi connectivity index (χ4v) is 3.94. The average Bonchev–Trinajstić information content (AvgIpc) is 3.00. The number of hydrogen-bond acceptors (Lipinski definition) is 4. The summed E-state index contributed by atoms with van der Waals surface area (Å²) in [5, 5.41) is 9.05. The predicted octanol–water partition coefficient (Wildman–Crippen LogP) is 3.11. The van der Waals surface area contributed by atoms with Gasteiger partial charge in [-0.15, -0.1) is 0 Å². The van der Waals surface area contributed by atoms with Crippen LogP contribution in [0.5, 0.6) is 0 Å². The second kappa shape index (κ2) is 7.40. The van der Waals surface area contributed by atoms with E-state index in [-0.39, 0.29) is 25.6 Å². The molecule has 0 bridgehead atoms. The van der Waals surface area contributed by atoms with Gasteiger partial charge in [0.1, 0.15) is 6.61 Å². The van der Waals surface area contributed by atoms with Crippen molar-refractivity contribution >= 4 is 12.1 Å². The number of carbonyl (C=O) groups excluding carboxylic acids is 1. The minimum atomic E-state index is -0.957. The third-order valence-electron chi connectivity index (χ3n) is 5.21. The Morgan fingerprint density at radius 1 is 1.07 bits per heavy atom. The summed E-state index contributed by atoms with van der Waals surface area (Å²) in [5.41, 5.74) is 4.64. The third-order valence-corrected chi connectivity index (χ3v) is 5.21. The van der Waals surface area contributed by atoms with Crippen LogP contribution in [-0.4, -0.2) is 54.5 Å². The van der Waals surface area contributed by atoms with Crippen molar-refractivity contribution in [3.63, 3.8) is 0 Å². The van der Waals surface area contributed by atoms with E-state index in [1.807, 2.05) is 24.3 Å². The van der Waals surface area contributed by atoms with E-state index >= 15 is 0 Å². The molecule has 6 heteroatoms. The number of nitrogens with zero attached hydrogens (tertiary/aromatic N) is 1. The van der Waals surface area contributed by atoms with Gasteiger partial charge in [-0.1, -0.05) is 48.5 Å². The molecule has 0 spiro atoms. The van der Waals surface area contributed by atoms with Gasteiger partial charge in [0.25, 0.3) is 0 Å². The molecule has 1 N–H and O–H groups in total. The van der Waals surface area contributed by atoms with E-state index in [2.05, 4.69) is 24.3 Å². The molecule has 1 fully saturated rings. The summed E-state index contributed by atoms with van der Waals surface area (Å²) in [7, 11) is 0. The van der Waals surface area contributed by atoms with Crippen molar-refractivity contribution in [1.29, 1.82) is 0 Å². The Kier molecular flexibility index (Phi) is 4.81. The first-order chi connectivity index (χ1) is 13.1. The van der Waals surface area contributed by atoms with Crippen molar-refractivity contribution in [1.82, 2.24) is 4.90 Å². The monoisotopic (exact) mass is 367 g/mol. The molecule has 2 aliphatic rings. The van der Waals surface area contributed by atoms with Crippen LogP contribution in [0, 0.1) is 0 Å². The fraction of sp³-hybridized carbons (Fsp3) is 0.333. The molecule has 1 saturated heterocycles. The van der Waals surface area contributed by atoms with Crippen molar-refractivity contribution in [2.75, 3.05) is 26.4 Å². The van der Waals surface area contributed by atoms with Gasteiger partial charge in [-0.05, 0) is 22.3 Å². The first-order valence-electron chi connectivity index (χ1n) is 9.06. The van der Waals surface area contributed by atoms with Crippen molar-refractivity contribution in [3.8, 4) is 11.1 Å². The van der Waals surface area contributed by atoms with Crippen LogP contribution in [0.25, 0.3) is 11.1 Å². The second-order valence-electron chi connectivity index (χ2n) is 6.82. The Bertz CT molecular complexity index is 820. The van der Waals surface area contributed by atoms with Crippen molar-refractivity contribution in [2.45, 2.75) is 18.4 Å². The van der Waals surface area contributed by atoms with Gasteiger partial charge in [-0.2, -0.15) is 0 Å². The molecule has 0 radical (unpaired) electrons. The molecule has 6 nitrogen and oxygen atoms in total. The number of aliphatic carboxylic acids is 1. The predicted molar refractivity (Wildman–Crippen MR) is 98.6 cm³/mol. The molecule has 1 unspecified atom stereocenters. The lowest BCUT2D eigenvalue weighted by Gasteiger charge is -2.34. The average molecular weight is 367 g/mol. The normalized spacial score (nSPS) is 18.7. The maximum atomic E-state index is 12.6. The summed E-state index contributed by atoms with van der Waals surface area (Å²) in [4.78, 5) is 25.1. The topological polar surface area (TPSA) is 76.1 Å². The number of carbonyl (C=O) groups is 2. The van der Waals surface area contributed by atoms with Gasteiger partial charge in [0.05, 0.1) is 25.7 Å². The third kappa shape index (κ3) is 3.40. The Morgan fingerprint density at radius 2 is 1.70 bits per heavy atom. The Labute approximate surface area is 157 Å². The molecule has 140 valence electrons. The molecule has 1 amide bonds. The van der Waals surface area contributed by atoms with E-state index in [0.29, 0.717) is 13.2 Å². The Balaban J connectivity index is 1.50. The number of carboxylic acid groups (broad SMARTS) is 1. The molecule has 1 aliphatic heterocycles. The summed E-state index contributed by atoms with van der Waals surface area (Å²) in [6.07, 6.45) is -0.629. The van der Waals surface area contributed by atoms with Crippen LogP contribution in [0.2, 0.25) is 0 Å². The lowest BCUT2D eigenvalue weighted by atomic mass is 9.98. The number of benzene rings is 2. The first-order valence-corrected chi connectivity index (χ1v) is 9.06. The quantitative estimate of drug-likeness (QED) is 0.899. The molecule has 1 atom stereocenters. The minimum absolute atomic E-state index is 0.0136. The minimum Gasteiger partial charge on any atom is -0.481 e. The van der Waals surface area contributed by atoms with E-state index in [1.54, 1.807) is 0 Å². The molecular weight excluding hydrogens is 346 g/mol. The van der Waals surface area contributed by atoms with E-state index in [0.717, 1.165) is 11.1 Å². The van der Waals surface area contributed by atoms with Crippen molar-refractivity contribution in [2.24, 2.45) is 0 Å². The van der Waals surface area contributed by atoms with E-state index in [9.17, 15) is 9.59 Å². The summed E-state index contributed by atoms with van der Waals surface area (Å²) >= 11 is 0. The molecule has 27 heavy (non-hydrogen) atoms. The molecule has 0 saturated carbocycles. The van der Waals surface area contributed by atoms with Crippen LogP contribution < -0.4 is 0 Å². The maximum absolute atomic E-state index is 12.6. The van der Waals surface area contributed by atoms with Gasteiger partial charge < -0.3 is 19.5 Å². The van der Waals surface area contributed by atoms with Crippen molar-refractivity contribution < 1.29 is 24.2 Å². The molecule has 1 heterocycles. The van der Waals surface area contributed by atoms with Crippen LogP contribution in [0.1, 0.15) is 23.5 Å². The summed E-state index contributed by atoms with van der Waals surface area (Å²) in [5.74, 6) is -0.970. The number of ether oxygens (including phenoxy) is 2. The lowest BCUT2D eigenvalue weighted by molar-refractivity contribution is -0.139. The van der Waals surface area contributed by atoms with Crippen LogP contribution in [0.15, 0.2) is 48.5 Å². The van der Waals surface area contributed by atoms with Gasteiger partial charge in [0.2, 0.25) is 0 Å². The molecule has 1 aliphatic carbocycles. The smallest absolute Gasteiger partial charge is 0.410 e. The highest BCUT2D eigenvalue weighted by Gasteiger charge is 2.33. The molecule has 2 aromatic rings. The zero-order valence-electron chi connectivity index (χ0n) is 14.8. The molecule has 4 rings (SSSR count). The van der Waals surface area contributed by atoms with E-state index in [4.69, 9.17) is 14.6 Å². The standard InChI is InChI=1S/C21H21NO5/c23-20(24)11-14-12-26-10-9-22(14)21(25)27-13-19-17-7-3-1-5-15(17)16-6-2-4-8-18(16)19/h1-8,14,19H,9-13H2,(H,23,24). The first kappa shape index (κ1) is 17.5. The fourth-order valence-electron chi connectivity index (χ4n) is 3.94. The van der Waals surface area contributed by atoms with Crippen LogP contribution in [0.3, 0.4) is 0 Å². The number of hydrogen-bond donors (Lipinski definition) is 1. The van der Waals surface area contributed by atoms with Crippen LogP contribution in [0.4, 0.5) is 4.79 Å². The maximum Gasteiger partial charge on any atom is 0.410 e. The zero-order chi connectivity index (χ0) is 18.8. The highest BCUT2D eigenvalue weighted by atomic mass is 16.6. The summed E-state index contributed by atoms with van der Waals surface area (Å²) in [6.45, 7) is 1.18. The van der Waals surface area contributed by atoms with Gasteiger partial charge in [0, 0.05) is 12.5 Å². The lowest BCUT2D eigenvalue weighted by Crippen LogP contribution is -2.49. The van der Waals surface area contributed by atoms with Crippen molar-refractivity contribution in [3.05, 3.63) is 59.7 Å². The number of carboxylic acids is 1. The van der Waals surface area contributed by atoms with Gasteiger partial charge >= 0.3 is 12.1 Å². The summed E-state index contributed by atoms with van der Waals surface area (Å²) < 4.78 is 11.0. The summed E-state index contributed by atoms with van der Waals surface area (Å²) in [6, 6.07) is 15.8. The van der Waals surface area contributed by atoms with E-state index in [1.165, 1.54) is 16.0 Å². The van der Waals surface area contributed by atoms with Gasteiger partial charge in [-0.3, -0.25) is 4.79 Å². The number of fused-ring (bicyclic) bond motifs is 3. The zero-order valence-corrected chi connectivity index (χ0v) is 14.8.